The standard InChI is InChI=1S/C14H16N2O3S/c1-2-10(9-20)8-19-13-6-5-12(16(17)18)14-11(13)4-3-7-15-14/h3-7,10,20H,2,8-9H2,1H3. The highest BCUT2D eigenvalue weighted by atomic mass is 32.1. The molecule has 0 N–H and O–H groups in total. The lowest BCUT2D eigenvalue weighted by atomic mass is 10.1. The normalized spacial score (nSPS) is 12.3. The van der Waals surface area contributed by atoms with Crippen LogP contribution in [0.1, 0.15) is 13.3 Å². The minimum absolute atomic E-state index is 0.00538. The Hall–Kier alpha value is -1.82. The molecule has 2 aromatic rings. The van der Waals surface area contributed by atoms with E-state index in [0.29, 0.717) is 29.2 Å². The summed E-state index contributed by atoms with van der Waals surface area (Å²) in [6.45, 7) is 2.63. The van der Waals surface area contributed by atoms with Crippen LogP contribution < -0.4 is 4.74 Å². The van der Waals surface area contributed by atoms with Crippen molar-refractivity contribution in [2.45, 2.75) is 13.3 Å². The molecule has 0 bridgehead atoms. The summed E-state index contributed by atoms with van der Waals surface area (Å²) < 4.78 is 5.79. The number of hydrogen-bond donors (Lipinski definition) is 1. The van der Waals surface area contributed by atoms with Crippen LogP contribution in [0.2, 0.25) is 0 Å². The first kappa shape index (κ1) is 14.6. The number of pyridine rings is 1. The molecule has 0 fully saturated rings. The Morgan fingerprint density at radius 1 is 1.45 bits per heavy atom. The third-order valence-electron chi connectivity index (χ3n) is 3.22. The quantitative estimate of drug-likeness (QED) is 0.503. The number of nitro benzene ring substituents is 1. The molecule has 5 nitrogen and oxygen atoms in total. The molecule has 6 heteroatoms. The van der Waals surface area contributed by atoms with E-state index in [2.05, 4.69) is 24.5 Å². The van der Waals surface area contributed by atoms with Crippen LogP contribution in [0.3, 0.4) is 0 Å². The van der Waals surface area contributed by atoms with Gasteiger partial charge >= 0.3 is 0 Å². The number of nitro groups is 1. The highest BCUT2D eigenvalue weighted by molar-refractivity contribution is 7.80. The van der Waals surface area contributed by atoms with Crippen molar-refractivity contribution in [2.75, 3.05) is 12.4 Å². The van der Waals surface area contributed by atoms with Crippen LogP contribution in [0.4, 0.5) is 5.69 Å². The summed E-state index contributed by atoms with van der Waals surface area (Å²) in [6, 6.07) is 6.60. The highest BCUT2D eigenvalue weighted by Crippen LogP contribution is 2.31. The molecule has 1 aromatic heterocycles. The van der Waals surface area contributed by atoms with Crippen LogP contribution in [0.15, 0.2) is 30.5 Å². The largest absolute Gasteiger partial charge is 0.493 e. The third kappa shape index (κ3) is 3.01. The topological polar surface area (TPSA) is 65.3 Å². The molecule has 0 aliphatic rings. The van der Waals surface area contributed by atoms with E-state index in [-0.39, 0.29) is 5.69 Å². The molecular weight excluding hydrogens is 276 g/mol. The molecule has 0 aliphatic heterocycles. The van der Waals surface area contributed by atoms with Gasteiger partial charge < -0.3 is 4.74 Å². The number of fused-ring (bicyclic) bond motifs is 1. The number of rotatable bonds is 6. The summed E-state index contributed by atoms with van der Waals surface area (Å²) >= 11 is 4.28. The summed E-state index contributed by atoms with van der Waals surface area (Å²) in [6.07, 6.45) is 2.52. The Balaban J connectivity index is 2.36. The van der Waals surface area contributed by atoms with Crippen LogP contribution in [0, 0.1) is 16.0 Å². The SMILES string of the molecule is CCC(CS)COc1ccc([N+](=O)[O-])c2ncccc12. The van der Waals surface area contributed by atoms with Gasteiger partial charge in [0.2, 0.25) is 0 Å². The first-order valence-corrected chi connectivity index (χ1v) is 7.06. The summed E-state index contributed by atoms with van der Waals surface area (Å²) in [4.78, 5) is 14.7. The van der Waals surface area contributed by atoms with E-state index in [9.17, 15) is 10.1 Å². The Bertz CT molecular complexity index is 614. The van der Waals surface area contributed by atoms with Crippen molar-refractivity contribution < 1.29 is 9.66 Å². The fourth-order valence-electron chi connectivity index (χ4n) is 1.91. The van der Waals surface area contributed by atoms with E-state index in [4.69, 9.17) is 4.74 Å². The summed E-state index contributed by atoms with van der Waals surface area (Å²) in [7, 11) is 0. The van der Waals surface area contributed by atoms with Gasteiger partial charge in [0.25, 0.3) is 5.69 Å². The number of benzene rings is 1. The summed E-state index contributed by atoms with van der Waals surface area (Å²) in [5.74, 6) is 1.74. The zero-order chi connectivity index (χ0) is 14.5. The monoisotopic (exact) mass is 292 g/mol. The first-order chi connectivity index (χ1) is 9.67. The number of nitrogens with zero attached hydrogens (tertiary/aromatic N) is 2. The van der Waals surface area contributed by atoms with Gasteiger partial charge in [0.05, 0.1) is 11.5 Å². The van der Waals surface area contributed by atoms with E-state index in [1.165, 1.54) is 6.07 Å². The van der Waals surface area contributed by atoms with Crippen molar-refractivity contribution in [3.05, 3.63) is 40.6 Å². The number of aromatic nitrogens is 1. The predicted molar refractivity (Wildman–Crippen MR) is 81.5 cm³/mol. The maximum atomic E-state index is 11.0. The number of ether oxygens (including phenoxy) is 1. The van der Waals surface area contributed by atoms with E-state index in [1.54, 1.807) is 24.4 Å². The van der Waals surface area contributed by atoms with Gasteiger partial charge in [0.15, 0.2) is 5.52 Å². The molecule has 1 atom stereocenters. The Kier molecular flexibility index (Phi) is 4.79. The fourth-order valence-corrected chi connectivity index (χ4v) is 2.28. The van der Waals surface area contributed by atoms with Crippen molar-refractivity contribution in [3.8, 4) is 5.75 Å². The fraction of sp³-hybridized carbons (Fsp3) is 0.357. The first-order valence-electron chi connectivity index (χ1n) is 6.43. The number of thiol groups is 1. The van der Waals surface area contributed by atoms with Crippen LogP contribution in [0.25, 0.3) is 10.9 Å². The Morgan fingerprint density at radius 2 is 2.25 bits per heavy atom. The second-order valence-electron chi connectivity index (χ2n) is 4.51. The lowest BCUT2D eigenvalue weighted by molar-refractivity contribution is -0.383. The molecule has 0 amide bonds. The highest BCUT2D eigenvalue weighted by Gasteiger charge is 2.16. The van der Waals surface area contributed by atoms with Crippen LogP contribution >= 0.6 is 12.6 Å². The van der Waals surface area contributed by atoms with Crippen LogP contribution in [-0.4, -0.2) is 22.3 Å². The van der Waals surface area contributed by atoms with Gasteiger partial charge in [-0.2, -0.15) is 12.6 Å². The third-order valence-corrected chi connectivity index (χ3v) is 3.73. The zero-order valence-corrected chi connectivity index (χ0v) is 12.0. The minimum atomic E-state index is -0.429. The average Bonchev–Trinajstić information content (AvgIpc) is 2.47. The van der Waals surface area contributed by atoms with E-state index in [1.807, 2.05) is 0 Å². The van der Waals surface area contributed by atoms with Gasteiger partial charge in [-0.25, -0.2) is 4.98 Å². The van der Waals surface area contributed by atoms with Gasteiger partial charge in [0.1, 0.15) is 5.75 Å². The second-order valence-corrected chi connectivity index (χ2v) is 4.87. The van der Waals surface area contributed by atoms with Crippen molar-refractivity contribution in [1.29, 1.82) is 0 Å². The molecule has 0 aliphatic carbocycles. The lowest BCUT2D eigenvalue weighted by Crippen LogP contribution is -2.12. The molecule has 1 unspecified atom stereocenters. The van der Waals surface area contributed by atoms with Gasteiger partial charge in [-0.05, 0) is 30.4 Å². The molecule has 1 aromatic carbocycles. The number of non-ortho nitro benzene ring substituents is 1. The van der Waals surface area contributed by atoms with Gasteiger partial charge in [-0.1, -0.05) is 6.92 Å². The maximum Gasteiger partial charge on any atom is 0.295 e. The van der Waals surface area contributed by atoms with Crippen molar-refractivity contribution in [1.82, 2.24) is 4.98 Å². The molecule has 0 saturated heterocycles. The van der Waals surface area contributed by atoms with Gasteiger partial charge in [-0.15, -0.1) is 0 Å². The smallest absolute Gasteiger partial charge is 0.295 e. The predicted octanol–water partition coefficient (Wildman–Crippen LogP) is 3.48. The molecule has 0 radical (unpaired) electrons. The van der Waals surface area contributed by atoms with Crippen molar-refractivity contribution in [3.63, 3.8) is 0 Å². The maximum absolute atomic E-state index is 11.0. The molecule has 1 heterocycles. The number of hydrogen-bond acceptors (Lipinski definition) is 5. The molecule has 106 valence electrons. The van der Waals surface area contributed by atoms with E-state index >= 15 is 0 Å². The van der Waals surface area contributed by atoms with Crippen LogP contribution in [-0.2, 0) is 0 Å². The van der Waals surface area contributed by atoms with Gasteiger partial charge in [0, 0.05) is 23.6 Å². The van der Waals surface area contributed by atoms with E-state index in [0.717, 1.165) is 12.2 Å². The van der Waals surface area contributed by atoms with Crippen molar-refractivity contribution >= 4 is 29.2 Å². The zero-order valence-electron chi connectivity index (χ0n) is 11.2. The Morgan fingerprint density at radius 3 is 2.90 bits per heavy atom. The van der Waals surface area contributed by atoms with Gasteiger partial charge in [-0.3, -0.25) is 10.1 Å². The minimum Gasteiger partial charge on any atom is -0.493 e. The Labute approximate surface area is 122 Å². The summed E-state index contributed by atoms with van der Waals surface area (Å²) in [5, 5.41) is 11.7. The second kappa shape index (κ2) is 6.56. The molecule has 20 heavy (non-hydrogen) atoms. The molecule has 0 saturated carbocycles. The summed E-state index contributed by atoms with van der Waals surface area (Å²) in [5.41, 5.74) is 0.350. The lowest BCUT2D eigenvalue weighted by Gasteiger charge is -2.14. The van der Waals surface area contributed by atoms with E-state index < -0.39 is 4.92 Å². The van der Waals surface area contributed by atoms with Crippen LogP contribution in [0.5, 0.6) is 5.75 Å². The molecule has 2 rings (SSSR count). The molecule has 0 spiro atoms. The average molecular weight is 292 g/mol. The van der Waals surface area contributed by atoms with Crippen molar-refractivity contribution in [2.24, 2.45) is 5.92 Å². The molecular formula is C14H16N2O3S.